The lowest BCUT2D eigenvalue weighted by molar-refractivity contribution is 0.522. The Morgan fingerprint density at radius 1 is 1.17 bits per heavy atom. The summed E-state index contributed by atoms with van der Waals surface area (Å²) in [5.41, 5.74) is 4.11. The van der Waals surface area contributed by atoms with Gasteiger partial charge in [-0.15, -0.1) is 0 Å². The summed E-state index contributed by atoms with van der Waals surface area (Å²) in [5.74, 6) is 0.699. The molecule has 0 bridgehead atoms. The summed E-state index contributed by atoms with van der Waals surface area (Å²) in [6, 6.07) is 5.13. The van der Waals surface area contributed by atoms with E-state index in [0.717, 1.165) is 28.0 Å². The number of furan rings is 1. The summed E-state index contributed by atoms with van der Waals surface area (Å²) >= 11 is 0. The van der Waals surface area contributed by atoms with Crippen LogP contribution in [0.4, 0.5) is 4.39 Å². The van der Waals surface area contributed by atoms with Gasteiger partial charge in [-0.3, -0.25) is 0 Å². The fourth-order valence-electron chi connectivity index (χ4n) is 2.53. The molecule has 18 heavy (non-hydrogen) atoms. The third-order valence-corrected chi connectivity index (χ3v) is 3.35. The lowest BCUT2D eigenvalue weighted by Crippen LogP contribution is -2.20. The molecule has 0 aliphatic heterocycles. The van der Waals surface area contributed by atoms with E-state index in [1.165, 1.54) is 0 Å². The van der Waals surface area contributed by atoms with Crippen molar-refractivity contribution in [3.63, 3.8) is 0 Å². The normalized spacial score (nSPS) is 12.7. The van der Waals surface area contributed by atoms with Crippen LogP contribution in [-0.4, -0.2) is 7.05 Å². The molecular formula is C15H18FNO. The number of benzene rings is 1. The van der Waals surface area contributed by atoms with Gasteiger partial charge in [-0.2, -0.15) is 0 Å². The molecule has 0 aliphatic carbocycles. The molecule has 1 N–H and O–H groups in total. The van der Waals surface area contributed by atoms with Crippen molar-refractivity contribution in [2.24, 2.45) is 0 Å². The van der Waals surface area contributed by atoms with E-state index < -0.39 is 0 Å². The lowest BCUT2D eigenvalue weighted by atomic mass is 9.91. The van der Waals surface area contributed by atoms with Crippen molar-refractivity contribution in [3.05, 3.63) is 58.3 Å². The Hall–Kier alpha value is -1.61. The molecule has 1 aromatic heterocycles. The van der Waals surface area contributed by atoms with Crippen LogP contribution in [0.5, 0.6) is 0 Å². The quantitative estimate of drug-likeness (QED) is 0.895. The zero-order chi connectivity index (χ0) is 13.3. The molecule has 96 valence electrons. The van der Waals surface area contributed by atoms with Crippen LogP contribution in [0.1, 0.15) is 34.1 Å². The molecule has 0 spiro atoms. The molecule has 0 saturated carbocycles. The van der Waals surface area contributed by atoms with Crippen LogP contribution in [0.15, 0.2) is 28.9 Å². The number of hydrogen-bond acceptors (Lipinski definition) is 2. The van der Waals surface area contributed by atoms with Crippen LogP contribution in [0.25, 0.3) is 0 Å². The van der Waals surface area contributed by atoms with Gasteiger partial charge >= 0.3 is 0 Å². The van der Waals surface area contributed by atoms with Crippen LogP contribution < -0.4 is 5.32 Å². The summed E-state index contributed by atoms with van der Waals surface area (Å²) in [6.07, 6.45) is 1.68. The third kappa shape index (κ3) is 2.18. The minimum absolute atomic E-state index is 0.0318. The molecule has 0 radical (unpaired) electrons. The van der Waals surface area contributed by atoms with Crippen molar-refractivity contribution in [2.75, 3.05) is 7.05 Å². The van der Waals surface area contributed by atoms with E-state index in [4.69, 9.17) is 4.42 Å². The molecule has 1 atom stereocenters. The zero-order valence-electron chi connectivity index (χ0n) is 11.2. The second-order valence-electron chi connectivity index (χ2n) is 4.61. The lowest BCUT2D eigenvalue weighted by Gasteiger charge is -2.21. The van der Waals surface area contributed by atoms with Crippen molar-refractivity contribution in [1.82, 2.24) is 5.32 Å². The van der Waals surface area contributed by atoms with Gasteiger partial charge in [0.1, 0.15) is 11.6 Å². The average molecular weight is 247 g/mol. The SMILES string of the molecule is CNC(c1ccoc1C)c1c(C)cc(F)cc1C. The average Bonchev–Trinajstić information content (AvgIpc) is 2.69. The topological polar surface area (TPSA) is 25.2 Å². The van der Waals surface area contributed by atoms with E-state index >= 15 is 0 Å². The predicted octanol–water partition coefficient (Wildman–Crippen LogP) is 3.65. The highest BCUT2D eigenvalue weighted by Crippen LogP contribution is 2.30. The third-order valence-electron chi connectivity index (χ3n) is 3.35. The fourth-order valence-corrected chi connectivity index (χ4v) is 2.53. The smallest absolute Gasteiger partial charge is 0.123 e. The molecule has 3 heteroatoms. The van der Waals surface area contributed by atoms with Gasteiger partial charge in [-0.1, -0.05) is 0 Å². The molecule has 0 fully saturated rings. The van der Waals surface area contributed by atoms with Crippen molar-refractivity contribution >= 4 is 0 Å². The Kier molecular flexibility index (Phi) is 3.53. The highest BCUT2D eigenvalue weighted by atomic mass is 19.1. The van der Waals surface area contributed by atoms with Gasteiger partial charge in [0.25, 0.3) is 0 Å². The van der Waals surface area contributed by atoms with Crippen LogP contribution in [0.2, 0.25) is 0 Å². The molecule has 1 unspecified atom stereocenters. The van der Waals surface area contributed by atoms with Gasteiger partial charge in [-0.25, -0.2) is 4.39 Å². The summed E-state index contributed by atoms with van der Waals surface area (Å²) < 4.78 is 18.7. The van der Waals surface area contributed by atoms with Crippen LogP contribution in [0, 0.1) is 26.6 Å². The zero-order valence-corrected chi connectivity index (χ0v) is 11.2. The maximum absolute atomic E-state index is 13.4. The van der Waals surface area contributed by atoms with Gasteiger partial charge < -0.3 is 9.73 Å². The van der Waals surface area contributed by atoms with Crippen molar-refractivity contribution in [2.45, 2.75) is 26.8 Å². The first-order valence-electron chi connectivity index (χ1n) is 6.02. The highest BCUT2D eigenvalue weighted by Gasteiger charge is 2.20. The Labute approximate surface area is 107 Å². The Morgan fingerprint density at radius 3 is 2.22 bits per heavy atom. The van der Waals surface area contributed by atoms with E-state index in [-0.39, 0.29) is 11.9 Å². The molecule has 0 amide bonds. The largest absolute Gasteiger partial charge is 0.469 e. The molecule has 1 heterocycles. The summed E-state index contributed by atoms with van der Waals surface area (Å²) in [5, 5.41) is 3.28. The molecule has 1 aromatic carbocycles. The Balaban J connectivity index is 2.56. The number of rotatable bonds is 3. The number of aryl methyl sites for hydroxylation is 3. The minimum atomic E-state index is -0.187. The second-order valence-corrected chi connectivity index (χ2v) is 4.61. The van der Waals surface area contributed by atoms with Crippen LogP contribution in [-0.2, 0) is 0 Å². The Bertz CT molecular complexity index is 536. The first-order valence-corrected chi connectivity index (χ1v) is 6.02. The van der Waals surface area contributed by atoms with Gasteiger partial charge in [0, 0.05) is 5.56 Å². The maximum atomic E-state index is 13.4. The van der Waals surface area contributed by atoms with Gasteiger partial charge in [0.05, 0.1) is 12.3 Å². The van der Waals surface area contributed by atoms with Gasteiger partial charge in [0.15, 0.2) is 0 Å². The van der Waals surface area contributed by atoms with Gasteiger partial charge in [-0.05, 0) is 62.7 Å². The predicted molar refractivity (Wildman–Crippen MR) is 70.2 cm³/mol. The molecular weight excluding hydrogens is 229 g/mol. The minimum Gasteiger partial charge on any atom is -0.469 e. The Morgan fingerprint density at radius 2 is 1.78 bits per heavy atom. The monoisotopic (exact) mass is 247 g/mol. The number of nitrogens with one attached hydrogen (secondary N) is 1. The van der Waals surface area contributed by atoms with Crippen molar-refractivity contribution < 1.29 is 8.81 Å². The van der Waals surface area contributed by atoms with Gasteiger partial charge in [0.2, 0.25) is 0 Å². The first-order chi connectivity index (χ1) is 8.54. The summed E-state index contributed by atoms with van der Waals surface area (Å²) in [7, 11) is 1.90. The second kappa shape index (κ2) is 4.94. The molecule has 2 rings (SSSR count). The highest BCUT2D eigenvalue weighted by molar-refractivity contribution is 5.42. The van der Waals surface area contributed by atoms with E-state index in [0.29, 0.717) is 0 Å². The standard InChI is InChI=1S/C15H18FNO/c1-9-7-12(16)8-10(2)14(9)15(17-4)13-5-6-18-11(13)3/h5-8,15,17H,1-4H3. The van der Waals surface area contributed by atoms with Crippen LogP contribution >= 0.6 is 0 Å². The first kappa shape index (κ1) is 12.8. The summed E-state index contributed by atoms with van der Waals surface area (Å²) in [4.78, 5) is 0. The van der Waals surface area contributed by atoms with E-state index in [1.54, 1.807) is 18.4 Å². The van der Waals surface area contributed by atoms with E-state index in [9.17, 15) is 4.39 Å². The maximum Gasteiger partial charge on any atom is 0.123 e. The molecule has 2 nitrogen and oxygen atoms in total. The van der Waals surface area contributed by atoms with Crippen LogP contribution in [0.3, 0.4) is 0 Å². The fraction of sp³-hybridized carbons (Fsp3) is 0.333. The van der Waals surface area contributed by atoms with E-state index in [1.807, 2.05) is 33.9 Å². The molecule has 0 saturated heterocycles. The molecule has 2 aromatic rings. The van der Waals surface area contributed by atoms with E-state index in [2.05, 4.69) is 5.32 Å². The number of hydrogen-bond donors (Lipinski definition) is 1. The van der Waals surface area contributed by atoms with Crippen molar-refractivity contribution in [3.8, 4) is 0 Å². The number of halogens is 1. The van der Waals surface area contributed by atoms with Crippen molar-refractivity contribution in [1.29, 1.82) is 0 Å². The molecule has 0 aliphatic rings. The summed E-state index contributed by atoms with van der Waals surface area (Å²) in [6.45, 7) is 5.81.